The first-order valence-corrected chi connectivity index (χ1v) is 31.3. The lowest BCUT2D eigenvalue weighted by molar-refractivity contribution is -0.167. The Bertz CT molecular complexity index is 1060. The van der Waals surface area contributed by atoms with Crippen molar-refractivity contribution in [2.45, 2.75) is 362 Å². The number of hydrogen-bond acceptors (Lipinski definition) is 6. The van der Waals surface area contributed by atoms with Crippen LogP contribution in [0.3, 0.4) is 0 Å². The predicted octanol–water partition coefficient (Wildman–Crippen LogP) is 20.8. The molecule has 0 spiro atoms. The molecule has 0 aromatic heterocycles. The lowest BCUT2D eigenvalue weighted by Gasteiger charge is -2.18. The van der Waals surface area contributed by atoms with Gasteiger partial charge in [0.2, 0.25) is 0 Å². The summed E-state index contributed by atoms with van der Waals surface area (Å²) < 4.78 is 16.9. The molecule has 6 nitrogen and oxygen atoms in total. The summed E-state index contributed by atoms with van der Waals surface area (Å²) in [5.41, 5.74) is 0. The Morgan fingerprint density at radius 2 is 0.551 bits per heavy atom. The second kappa shape index (κ2) is 55.7. The van der Waals surface area contributed by atoms with Crippen LogP contribution in [0, 0.1) is 11.8 Å². The van der Waals surface area contributed by atoms with Gasteiger partial charge in [0.05, 0.1) is 0 Å². The van der Waals surface area contributed by atoms with Crippen LogP contribution in [0.25, 0.3) is 0 Å². The summed E-state index contributed by atoms with van der Waals surface area (Å²) in [7, 11) is 0. The van der Waals surface area contributed by atoms with E-state index in [0.29, 0.717) is 19.3 Å². The first-order valence-electron chi connectivity index (χ1n) is 31.3. The molecule has 0 N–H and O–H groups in total. The van der Waals surface area contributed by atoms with Crippen LogP contribution < -0.4 is 0 Å². The first kappa shape index (κ1) is 67.4. The number of rotatable bonds is 57. The highest BCUT2D eigenvalue weighted by Crippen LogP contribution is 2.19. The monoisotopic (exact) mass is 975 g/mol. The molecule has 69 heavy (non-hydrogen) atoms. The summed E-state index contributed by atoms with van der Waals surface area (Å²) in [6.45, 7) is 11.5. The largest absolute Gasteiger partial charge is 0.462 e. The zero-order valence-electron chi connectivity index (χ0n) is 47.5. The molecule has 0 aliphatic carbocycles. The fraction of sp³-hybridized carbons (Fsp3) is 0.952. The number of esters is 3. The van der Waals surface area contributed by atoms with E-state index in [0.717, 1.165) is 69.6 Å². The highest BCUT2D eigenvalue weighted by atomic mass is 16.6. The smallest absolute Gasteiger partial charge is 0.306 e. The summed E-state index contributed by atoms with van der Waals surface area (Å²) in [6, 6.07) is 0. The SMILES string of the molecule is CCCCCCCCCCCCCCCCC(=O)OC[C@H](COC(=O)CCCCCCCCCCCCCCCCCCC(C)C)OC(=O)CCCCCCCCCCCCCCCCC(C)CC. The van der Waals surface area contributed by atoms with Gasteiger partial charge in [-0.25, -0.2) is 0 Å². The van der Waals surface area contributed by atoms with E-state index >= 15 is 0 Å². The summed E-state index contributed by atoms with van der Waals surface area (Å²) in [5.74, 6) is 0.915. The van der Waals surface area contributed by atoms with Crippen LogP contribution in [-0.2, 0) is 28.6 Å². The number of carbonyl (C=O) groups is 3. The second-order valence-corrected chi connectivity index (χ2v) is 22.4. The Balaban J connectivity index is 4.28. The van der Waals surface area contributed by atoms with Crippen molar-refractivity contribution < 1.29 is 28.6 Å². The molecule has 1 unspecified atom stereocenters. The lowest BCUT2D eigenvalue weighted by atomic mass is 9.99. The minimum absolute atomic E-state index is 0.0620. The fourth-order valence-corrected chi connectivity index (χ4v) is 9.73. The molecule has 2 atom stereocenters. The molecule has 0 bridgehead atoms. The number of unbranched alkanes of at least 4 members (excludes halogenated alkanes) is 41. The highest BCUT2D eigenvalue weighted by molar-refractivity contribution is 5.71. The average molecular weight is 976 g/mol. The first-order chi connectivity index (χ1) is 33.8. The number of carbonyl (C=O) groups excluding carboxylic acids is 3. The van der Waals surface area contributed by atoms with Gasteiger partial charge in [0.1, 0.15) is 13.2 Å². The van der Waals surface area contributed by atoms with Gasteiger partial charge in [-0.1, -0.05) is 317 Å². The Morgan fingerprint density at radius 1 is 0.304 bits per heavy atom. The van der Waals surface area contributed by atoms with Crippen LogP contribution in [0.2, 0.25) is 0 Å². The molecule has 0 aliphatic heterocycles. The minimum Gasteiger partial charge on any atom is -0.462 e. The van der Waals surface area contributed by atoms with Crippen LogP contribution in [0.5, 0.6) is 0 Å². The standard InChI is InChI=1S/C63H122O6/c1-6-8-9-10-11-12-13-14-23-28-33-38-43-48-53-61(64)67-56-60(69-63(66)55-50-45-40-35-30-25-20-19-22-27-32-37-42-47-52-59(5)7-2)57-68-62(65)54-49-44-39-34-29-24-18-16-15-17-21-26-31-36-41-46-51-58(3)4/h58-60H,6-57H2,1-5H3/t59?,60-/m1/s1. The van der Waals surface area contributed by atoms with Crippen LogP contribution in [0.1, 0.15) is 356 Å². The Labute approximate surface area is 431 Å². The van der Waals surface area contributed by atoms with E-state index in [4.69, 9.17) is 14.2 Å². The minimum atomic E-state index is -0.763. The molecule has 0 aliphatic rings. The third-order valence-electron chi connectivity index (χ3n) is 14.8. The van der Waals surface area contributed by atoms with Crippen molar-refractivity contribution in [1.82, 2.24) is 0 Å². The third kappa shape index (κ3) is 55.6. The van der Waals surface area contributed by atoms with Crippen molar-refractivity contribution in [2.24, 2.45) is 11.8 Å². The van der Waals surface area contributed by atoms with Crippen molar-refractivity contribution in [3.05, 3.63) is 0 Å². The summed E-state index contributed by atoms with van der Waals surface area (Å²) >= 11 is 0. The topological polar surface area (TPSA) is 78.9 Å². The molecule has 410 valence electrons. The van der Waals surface area contributed by atoms with E-state index in [-0.39, 0.29) is 31.1 Å². The van der Waals surface area contributed by atoms with E-state index < -0.39 is 6.10 Å². The van der Waals surface area contributed by atoms with Gasteiger partial charge in [-0.2, -0.15) is 0 Å². The number of hydrogen-bond donors (Lipinski definition) is 0. The maximum atomic E-state index is 12.9. The molecule has 0 amide bonds. The van der Waals surface area contributed by atoms with Gasteiger partial charge in [0, 0.05) is 19.3 Å². The van der Waals surface area contributed by atoms with E-state index in [1.54, 1.807) is 0 Å². The van der Waals surface area contributed by atoms with Crippen molar-refractivity contribution in [2.75, 3.05) is 13.2 Å². The van der Waals surface area contributed by atoms with E-state index in [2.05, 4.69) is 34.6 Å². The maximum Gasteiger partial charge on any atom is 0.306 e. The van der Waals surface area contributed by atoms with Crippen molar-refractivity contribution >= 4 is 17.9 Å². The second-order valence-electron chi connectivity index (χ2n) is 22.4. The van der Waals surface area contributed by atoms with Gasteiger partial charge in [0.15, 0.2) is 6.10 Å². The molecule has 0 saturated heterocycles. The van der Waals surface area contributed by atoms with E-state index in [9.17, 15) is 14.4 Å². The molecular weight excluding hydrogens is 853 g/mol. The van der Waals surface area contributed by atoms with Crippen LogP contribution >= 0.6 is 0 Å². The van der Waals surface area contributed by atoms with Gasteiger partial charge >= 0.3 is 17.9 Å². The quantitative estimate of drug-likeness (QED) is 0.0343. The molecule has 6 heteroatoms. The van der Waals surface area contributed by atoms with Crippen LogP contribution in [-0.4, -0.2) is 37.2 Å². The van der Waals surface area contributed by atoms with Crippen molar-refractivity contribution in [3.63, 3.8) is 0 Å². The molecule has 0 aromatic carbocycles. The zero-order valence-corrected chi connectivity index (χ0v) is 47.5. The summed E-state index contributed by atoms with van der Waals surface area (Å²) in [4.78, 5) is 38.3. The summed E-state index contributed by atoms with van der Waals surface area (Å²) in [6.07, 6.45) is 60.9. The van der Waals surface area contributed by atoms with Gasteiger partial charge in [-0.15, -0.1) is 0 Å². The highest BCUT2D eigenvalue weighted by Gasteiger charge is 2.19. The molecule has 0 radical (unpaired) electrons. The van der Waals surface area contributed by atoms with Crippen LogP contribution in [0.4, 0.5) is 0 Å². The Kier molecular flexibility index (Phi) is 54.4. The van der Waals surface area contributed by atoms with E-state index in [1.807, 2.05) is 0 Å². The third-order valence-corrected chi connectivity index (χ3v) is 14.8. The Hall–Kier alpha value is -1.59. The lowest BCUT2D eigenvalue weighted by Crippen LogP contribution is -2.30. The van der Waals surface area contributed by atoms with Crippen LogP contribution in [0.15, 0.2) is 0 Å². The molecule has 0 heterocycles. The van der Waals surface area contributed by atoms with E-state index in [1.165, 1.54) is 244 Å². The van der Waals surface area contributed by atoms with Gasteiger partial charge in [-0.05, 0) is 31.1 Å². The molecule has 0 fully saturated rings. The molecule has 0 saturated carbocycles. The molecular formula is C63H122O6. The van der Waals surface area contributed by atoms with Gasteiger partial charge < -0.3 is 14.2 Å². The van der Waals surface area contributed by atoms with Crippen molar-refractivity contribution in [1.29, 1.82) is 0 Å². The normalized spacial score (nSPS) is 12.4. The molecule has 0 aromatic rings. The van der Waals surface area contributed by atoms with Gasteiger partial charge in [0.25, 0.3) is 0 Å². The zero-order chi connectivity index (χ0) is 50.4. The number of ether oxygens (including phenoxy) is 3. The summed E-state index contributed by atoms with van der Waals surface area (Å²) in [5, 5.41) is 0. The van der Waals surface area contributed by atoms with Gasteiger partial charge in [-0.3, -0.25) is 14.4 Å². The predicted molar refractivity (Wildman–Crippen MR) is 298 cm³/mol. The maximum absolute atomic E-state index is 12.9. The Morgan fingerprint density at radius 3 is 0.826 bits per heavy atom. The fourth-order valence-electron chi connectivity index (χ4n) is 9.73. The van der Waals surface area contributed by atoms with Crippen molar-refractivity contribution in [3.8, 4) is 0 Å². The average Bonchev–Trinajstić information content (AvgIpc) is 3.34. The molecule has 0 rings (SSSR count).